The maximum Gasteiger partial charge on any atom is 0.305 e. The van der Waals surface area contributed by atoms with Crippen LogP contribution < -0.4 is 4.52 Å². The van der Waals surface area contributed by atoms with Gasteiger partial charge in [0.05, 0.1) is 12.4 Å². The number of hydrogen-bond acceptors (Lipinski definition) is 2. The van der Waals surface area contributed by atoms with Crippen molar-refractivity contribution in [2.75, 3.05) is 0 Å². The number of tetrazole rings is 1. The predicted octanol–water partition coefficient (Wildman–Crippen LogP) is 0.903. The lowest BCUT2D eigenvalue weighted by molar-refractivity contribution is -0.631. The molecule has 4 nitrogen and oxygen atoms in total. The Labute approximate surface area is 83.2 Å². The third-order valence-electron chi connectivity index (χ3n) is 2.52. The van der Waals surface area contributed by atoms with E-state index in [1.54, 1.807) is 4.63 Å². The second-order valence-corrected chi connectivity index (χ2v) is 3.67. The smallest absolute Gasteiger partial charge is 0.128 e. The first-order valence-corrected chi connectivity index (χ1v) is 5.02. The monoisotopic (exact) mass is 191 g/mol. The number of aromatic nitrogens is 4. The highest BCUT2D eigenvalue weighted by atomic mass is 15.6. The van der Waals surface area contributed by atoms with Crippen LogP contribution in [0.2, 0.25) is 0 Å². The lowest BCUT2D eigenvalue weighted by Gasteiger charge is -2.01. The van der Waals surface area contributed by atoms with Crippen molar-refractivity contribution in [3.63, 3.8) is 0 Å². The number of rotatable bonds is 3. The first-order chi connectivity index (χ1) is 6.81. The molecule has 2 rings (SSSR count). The fraction of sp³-hybridized carbons (Fsp3) is 0.500. The van der Waals surface area contributed by atoms with Gasteiger partial charge in [0.2, 0.25) is 0 Å². The van der Waals surface area contributed by atoms with Crippen LogP contribution in [-0.4, -0.2) is 14.9 Å². The molecular formula is C10H15N4+. The van der Waals surface area contributed by atoms with Crippen LogP contribution in [0.15, 0.2) is 24.5 Å². The summed E-state index contributed by atoms with van der Waals surface area (Å²) in [5.41, 5.74) is 0. The minimum atomic E-state index is 0.656. The molecule has 0 bridgehead atoms. The SMILES string of the molecule is CCC(C)Cc1nnn2cccc[n+]12. The highest BCUT2D eigenvalue weighted by Gasteiger charge is 2.15. The van der Waals surface area contributed by atoms with E-state index >= 15 is 0 Å². The first kappa shape index (κ1) is 9.12. The van der Waals surface area contributed by atoms with Crippen LogP contribution in [0.1, 0.15) is 26.1 Å². The van der Waals surface area contributed by atoms with Gasteiger partial charge in [0.15, 0.2) is 5.21 Å². The van der Waals surface area contributed by atoms with Gasteiger partial charge in [-0.3, -0.25) is 0 Å². The number of hydrogen-bond donors (Lipinski definition) is 0. The molecule has 0 fully saturated rings. The molecule has 0 saturated carbocycles. The standard InChI is InChI=1S/C10H15N4/c1-3-9(2)8-10-11-12-14-7-5-4-6-13(10)14/h4-7,9H,3,8H2,1-2H3/q+1. The van der Waals surface area contributed by atoms with E-state index in [-0.39, 0.29) is 0 Å². The van der Waals surface area contributed by atoms with Crippen molar-refractivity contribution in [2.24, 2.45) is 5.92 Å². The third kappa shape index (κ3) is 1.60. The van der Waals surface area contributed by atoms with E-state index in [9.17, 15) is 0 Å². The Morgan fingerprint density at radius 3 is 3.14 bits per heavy atom. The second kappa shape index (κ2) is 3.74. The zero-order valence-corrected chi connectivity index (χ0v) is 8.59. The highest BCUT2D eigenvalue weighted by molar-refractivity contribution is 4.81. The van der Waals surface area contributed by atoms with E-state index in [0.29, 0.717) is 5.92 Å². The Hall–Kier alpha value is -1.45. The summed E-state index contributed by atoms with van der Waals surface area (Å²) in [6, 6.07) is 3.94. The van der Waals surface area contributed by atoms with Crippen LogP contribution in [0, 0.1) is 5.92 Å². The van der Waals surface area contributed by atoms with Crippen LogP contribution in [0.5, 0.6) is 0 Å². The van der Waals surface area contributed by atoms with Gasteiger partial charge in [0.25, 0.3) is 0 Å². The van der Waals surface area contributed by atoms with E-state index in [0.717, 1.165) is 12.2 Å². The average molecular weight is 191 g/mol. The quantitative estimate of drug-likeness (QED) is 0.676. The summed E-state index contributed by atoms with van der Waals surface area (Å²) in [6.45, 7) is 4.43. The van der Waals surface area contributed by atoms with Gasteiger partial charge in [-0.15, -0.1) is 4.52 Å². The summed E-state index contributed by atoms with van der Waals surface area (Å²) in [4.78, 5) is 0. The minimum absolute atomic E-state index is 0.656. The van der Waals surface area contributed by atoms with E-state index in [2.05, 4.69) is 24.2 Å². The summed E-state index contributed by atoms with van der Waals surface area (Å²) in [6.07, 6.45) is 6.03. The molecular weight excluding hydrogens is 176 g/mol. The molecule has 74 valence electrons. The predicted molar refractivity (Wildman–Crippen MR) is 51.8 cm³/mol. The summed E-state index contributed by atoms with van der Waals surface area (Å²) in [5.74, 6) is 1.68. The molecule has 1 atom stereocenters. The number of nitrogens with zero attached hydrogens (tertiary/aromatic N) is 4. The molecule has 4 heteroatoms. The van der Waals surface area contributed by atoms with Gasteiger partial charge < -0.3 is 0 Å². The molecule has 0 spiro atoms. The molecule has 0 aromatic carbocycles. The maximum absolute atomic E-state index is 4.16. The molecule has 0 saturated heterocycles. The summed E-state index contributed by atoms with van der Waals surface area (Å²) < 4.78 is 3.73. The van der Waals surface area contributed by atoms with Crippen LogP contribution >= 0.6 is 0 Å². The topological polar surface area (TPSA) is 34.3 Å². The molecule has 0 aliphatic carbocycles. The van der Waals surface area contributed by atoms with Crippen LogP contribution in [-0.2, 0) is 6.42 Å². The zero-order valence-electron chi connectivity index (χ0n) is 8.59. The van der Waals surface area contributed by atoms with Crippen molar-refractivity contribution >= 4 is 0 Å². The normalized spacial score (nSPS) is 13.3. The maximum atomic E-state index is 4.16. The Bertz CT molecular complexity index is 421. The highest BCUT2D eigenvalue weighted by Crippen LogP contribution is 2.05. The lowest BCUT2D eigenvalue weighted by Crippen LogP contribution is -2.32. The van der Waals surface area contributed by atoms with E-state index in [4.69, 9.17) is 0 Å². The molecule has 2 aromatic heterocycles. The molecule has 0 N–H and O–H groups in total. The third-order valence-corrected chi connectivity index (χ3v) is 2.52. The van der Waals surface area contributed by atoms with Crippen molar-refractivity contribution in [1.29, 1.82) is 0 Å². The van der Waals surface area contributed by atoms with Gasteiger partial charge in [0.1, 0.15) is 5.10 Å². The van der Waals surface area contributed by atoms with Gasteiger partial charge in [0, 0.05) is 6.42 Å². The fourth-order valence-corrected chi connectivity index (χ4v) is 1.41. The Kier molecular flexibility index (Phi) is 2.43. The Balaban J connectivity index is 2.33. The molecule has 2 aromatic rings. The molecule has 2 heterocycles. The molecule has 0 radical (unpaired) electrons. The van der Waals surface area contributed by atoms with Crippen LogP contribution in [0.4, 0.5) is 0 Å². The van der Waals surface area contributed by atoms with E-state index < -0.39 is 0 Å². The van der Waals surface area contributed by atoms with Gasteiger partial charge in [-0.2, -0.15) is 0 Å². The van der Waals surface area contributed by atoms with Crippen molar-refractivity contribution in [3.05, 3.63) is 30.4 Å². The molecule has 1 unspecified atom stereocenters. The van der Waals surface area contributed by atoms with Crippen molar-refractivity contribution < 1.29 is 4.52 Å². The van der Waals surface area contributed by atoms with Crippen LogP contribution in [0.25, 0.3) is 0 Å². The zero-order chi connectivity index (χ0) is 9.97. The van der Waals surface area contributed by atoms with Gasteiger partial charge in [-0.05, 0) is 22.7 Å². The van der Waals surface area contributed by atoms with Crippen molar-refractivity contribution in [2.45, 2.75) is 26.7 Å². The fourth-order valence-electron chi connectivity index (χ4n) is 1.41. The minimum Gasteiger partial charge on any atom is -0.128 e. The molecule has 0 aliphatic heterocycles. The largest absolute Gasteiger partial charge is 0.305 e. The lowest BCUT2D eigenvalue weighted by atomic mass is 10.1. The molecule has 0 aliphatic rings. The van der Waals surface area contributed by atoms with E-state index in [1.165, 1.54) is 6.42 Å². The Morgan fingerprint density at radius 1 is 1.50 bits per heavy atom. The summed E-state index contributed by atoms with van der Waals surface area (Å²) in [7, 11) is 0. The van der Waals surface area contributed by atoms with Crippen molar-refractivity contribution in [1.82, 2.24) is 14.9 Å². The molecule has 0 amide bonds. The number of fused-ring (bicyclic) bond motifs is 1. The van der Waals surface area contributed by atoms with E-state index in [1.807, 2.05) is 29.0 Å². The van der Waals surface area contributed by atoms with Gasteiger partial charge >= 0.3 is 5.82 Å². The van der Waals surface area contributed by atoms with Gasteiger partial charge in [-0.1, -0.05) is 20.3 Å². The first-order valence-electron chi connectivity index (χ1n) is 5.02. The summed E-state index contributed by atoms with van der Waals surface area (Å²) in [5, 5.41) is 8.19. The van der Waals surface area contributed by atoms with Crippen molar-refractivity contribution in [3.8, 4) is 0 Å². The Morgan fingerprint density at radius 2 is 2.36 bits per heavy atom. The van der Waals surface area contributed by atoms with Crippen LogP contribution in [0.3, 0.4) is 0 Å². The average Bonchev–Trinajstić information content (AvgIpc) is 2.62. The summed E-state index contributed by atoms with van der Waals surface area (Å²) >= 11 is 0. The van der Waals surface area contributed by atoms with Gasteiger partial charge in [-0.25, -0.2) is 0 Å². The second-order valence-electron chi connectivity index (χ2n) is 3.67. The molecule has 14 heavy (non-hydrogen) atoms.